The van der Waals surface area contributed by atoms with Gasteiger partial charge in [0, 0.05) is 42.3 Å². The zero-order valence-corrected chi connectivity index (χ0v) is 17.1. The molecule has 0 spiro atoms. The van der Waals surface area contributed by atoms with Gasteiger partial charge >= 0.3 is 0 Å². The number of benzene rings is 1. The van der Waals surface area contributed by atoms with Crippen molar-refractivity contribution in [3.63, 3.8) is 0 Å². The number of pyridine rings is 1. The predicted molar refractivity (Wildman–Crippen MR) is 114 cm³/mol. The lowest BCUT2D eigenvalue weighted by Crippen LogP contribution is -2.47. The van der Waals surface area contributed by atoms with Gasteiger partial charge in [-0.25, -0.2) is 4.98 Å². The van der Waals surface area contributed by atoms with Crippen LogP contribution in [0.3, 0.4) is 0 Å². The van der Waals surface area contributed by atoms with E-state index in [0.717, 1.165) is 34.3 Å². The SMILES string of the molecule is Nc1c(Br)c(CN2CCNC(=O)C2)nc2c(-c3cnc4ccccc4c3)cnn12. The van der Waals surface area contributed by atoms with Crippen LogP contribution in [0.15, 0.2) is 47.2 Å². The van der Waals surface area contributed by atoms with Crippen LogP contribution >= 0.6 is 15.9 Å². The Hall–Kier alpha value is -3.04. The number of rotatable bonds is 3. The van der Waals surface area contributed by atoms with Crippen LogP contribution in [-0.2, 0) is 11.3 Å². The Morgan fingerprint density at radius 2 is 2.10 bits per heavy atom. The summed E-state index contributed by atoms with van der Waals surface area (Å²) < 4.78 is 2.32. The van der Waals surface area contributed by atoms with Gasteiger partial charge in [0.25, 0.3) is 0 Å². The van der Waals surface area contributed by atoms with E-state index in [1.807, 2.05) is 30.5 Å². The summed E-state index contributed by atoms with van der Waals surface area (Å²) in [6.07, 6.45) is 3.59. The average molecular weight is 452 g/mol. The first-order valence-corrected chi connectivity index (χ1v) is 10.1. The minimum absolute atomic E-state index is 0.0219. The van der Waals surface area contributed by atoms with Gasteiger partial charge in [-0.1, -0.05) is 18.2 Å². The molecule has 1 saturated heterocycles. The quantitative estimate of drug-likeness (QED) is 0.495. The van der Waals surface area contributed by atoms with Crippen LogP contribution in [0.1, 0.15) is 5.69 Å². The minimum Gasteiger partial charge on any atom is -0.383 e. The van der Waals surface area contributed by atoms with E-state index >= 15 is 0 Å². The standard InChI is InChI=1S/C20H18BrN7O/c21-18-16(10-27-6-5-23-17(29)11-27)26-20-14(9-25-28(20)19(18)22)13-7-12-3-1-2-4-15(12)24-8-13/h1-4,7-9H,5-6,10-11,22H2,(H,23,29). The lowest BCUT2D eigenvalue weighted by molar-refractivity contribution is -0.124. The Labute approximate surface area is 174 Å². The molecule has 0 bridgehead atoms. The van der Waals surface area contributed by atoms with Crippen LogP contribution in [0, 0.1) is 0 Å². The predicted octanol–water partition coefficient (Wildman–Crippen LogP) is 2.22. The minimum atomic E-state index is 0.0219. The van der Waals surface area contributed by atoms with Crippen molar-refractivity contribution in [3.8, 4) is 11.1 Å². The van der Waals surface area contributed by atoms with Gasteiger partial charge in [0.15, 0.2) is 5.65 Å². The van der Waals surface area contributed by atoms with Gasteiger partial charge in [0.1, 0.15) is 5.82 Å². The second kappa shape index (κ2) is 7.09. The maximum absolute atomic E-state index is 11.7. The Bertz CT molecular complexity index is 1250. The molecule has 1 amide bonds. The number of hydrogen-bond donors (Lipinski definition) is 2. The molecule has 3 aromatic heterocycles. The maximum Gasteiger partial charge on any atom is 0.234 e. The lowest BCUT2D eigenvalue weighted by atomic mass is 10.1. The van der Waals surface area contributed by atoms with Crippen LogP contribution in [0.25, 0.3) is 27.7 Å². The summed E-state index contributed by atoms with van der Waals surface area (Å²) in [6.45, 7) is 2.27. The third-order valence-corrected chi connectivity index (χ3v) is 5.95. The average Bonchev–Trinajstić information content (AvgIpc) is 3.15. The number of carbonyl (C=O) groups is 1. The van der Waals surface area contributed by atoms with Crippen molar-refractivity contribution >= 4 is 44.2 Å². The molecule has 0 aliphatic carbocycles. The fraction of sp³-hybridized carbons (Fsp3) is 0.200. The van der Waals surface area contributed by atoms with Crippen molar-refractivity contribution in [1.82, 2.24) is 29.8 Å². The number of nitrogens with one attached hydrogen (secondary N) is 1. The highest BCUT2D eigenvalue weighted by molar-refractivity contribution is 9.10. The molecule has 5 rings (SSSR count). The smallest absolute Gasteiger partial charge is 0.234 e. The van der Waals surface area contributed by atoms with Crippen molar-refractivity contribution < 1.29 is 4.79 Å². The summed E-state index contributed by atoms with van der Waals surface area (Å²) in [4.78, 5) is 23.1. The maximum atomic E-state index is 11.7. The van der Waals surface area contributed by atoms with Gasteiger partial charge in [0.2, 0.25) is 5.91 Å². The van der Waals surface area contributed by atoms with E-state index in [1.54, 1.807) is 10.7 Å². The molecule has 146 valence electrons. The summed E-state index contributed by atoms with van der Waals surface area (Å²) in [7, 11) is 0. The van der Waals surface area contributed by atoms with Crippen LogP contribution in [-0.4, -0.2) is 50.0 Å². The first-order chi connectivity index (χ1) is 14.1. The summed E-state index contributed by atoms with van der Waals surface area (Å²) in [5, 5.41) is 8.32. The van der Waals surface area contributed by atoms with Crippen LogP contribution in [0.5, 0.6) is 0 Å². The normalized spacial score (nSPS) is 15.1. The first-order valence-electron chi connectivity index (χ1n) is 9.26. The summed E-state index contributed by atoms with van der Waals surface area (Å²) in [5.74, 6) is 0.500. The van der Waals surface area contributed by atoms with Crippen molar-refractivity contribution in [3.05, 3.63) is 52.9 Å². The van der Waals surface area contributed by atoms with Crippen molar-refractivity contribution in [2.24, 2.45) is 0 Å². The van der Waals surface area contributed by atoms with E-state index < -0.39 is 0 Å². The molecule has 1 aromatic carbocycles. The number of fused-ring (bicyclic) bond motifs is 2. The Kier molecular flexibility index (Phi) is 4.40. The Balaban J connectivity index is 1.59. The van der Waals surface area contributed by atoms with E-state index in [0.29, 0.717) is 35.6 Å². The van der Waals surface area contributed by atoms with E-state index in [9.17, 15) is 4.79 Å². The second-order valence-corrected chi connectivity index (χ2v) is 7.82. The van der Waals surface area contributed by atoms with Gasteiger partial charge in [-0.05, 0) is 28.1 Å². The summed E-state index contributed by atoms with van der Waals surface area (Å²) in [6, 6.07) is 10.0. The fourth-order valence-electron chi connectivity index (χ4n) is 3.61. The van der Waals surface area contributed by atoms with Gasteiger partial charge in [-0.15, -0.1) is 0 Å². The molecule has 4 aromatic rings. The van der Waals surface area contributed by atoms with Gasteiger partial charge in [0.05, 0.1) is 28.4 Å². The number of para-hydroxylation sites is 1. The molecule has 0 saturated carbocycles. The molecule has 8 nitrogen and oxygen atoms in total. The molecule has 1 aliphatic heterocycles. The molecule has 0 radical (unpaired) electrons. The number of halogens is 1. The van der Waals surface area contributed by atoms with Crippen molar-refractivity contribution in [1.29, 1.82) is 0 Å². The van der Waals surface area contributed by atoms with Crippen LogP contribution in [0.4, 0.5) is 5.82 Å². The van der Waals surface area contributed by atoms with Gasteiger partial charge in [-0.3, -0.25) is 14.7 Å². The topological polar surface area (TPSA) is 101 Å². The third-order valence-electron chi connectivity index (χ3n) is 5.08. The summed E-state index contributed by atoms with van der Waals surface area (Å²) >= 11 is 3.55. The lowest BCUT2D eigenvalue weighted by Gasteiger charge is -2.26. The summed E-state index contributed by atoms with van der Waals surface area (Å²) in [5.41, 5.74) is 10.5. The molecule has 29 heavy (non-hydrogen) atoms. The van der Waals surface area contributed by atoms with Gasteiger partial charge < -0.3 is 11.1 Å². The highest BCUT2D eigenvalue weighted by atomic mass is 79.9. The molecular formula is C20H18BrN7O. The zero-order valence-electron chi connectivity index (χ0n) is 15.5. The van der Waals surface area contributed by atoms with E-state index in [1.165, 1.54) is 0 Å². The number of nitrogens with two attached hydrogens (primary N) is 1. The number of nitrogen functional groups attached to an aromatic ring is 1. The van der Waals surface area contributed by atoms with E-state index in [-0.39, 0.29) is 5.91 Å². The number of amides is 1. The number of nitrogens with zero attached hydrogens (tertiary/aromatic N) is 5. The largest absolute Gasteiger partial charge is 0.383 e. The van der Waals surface area contributed by atoms with Crippen LogP contribution in [0.2, 0.25) is 0 Å². The first kappa shape index (κ1) is 18.0. The molecule has 1 fully saturated rings. The molecule has 0 atom stereocenters. The Morgan fingerprint density at radius 1 is 1.24 bits per heavy atom. The zero-order chi connectivity index (χ0) is 20.0. The molecular weight excluding hydrogens is 434 g/mol. The monoisotopic (exact) mass is 451 g/mol. The number of anilines is 1. The number of aromatic nitrogens is 4. The number of hydrogen-bond acceptors (Lipinski definition) is 6. The van der Waals surface area contributed by atoms with E-state index in [2.05, 4.69) is 42.3 Å². The molecule has 9 heteroatoms. The second-order valence-electron chi connectivity index (χ2n) is 7.03. The molecule has 3 N–H and O–H groups in total. The highest BCUT2D eigenvalue weighted by Crippen LogP contribution is 2.31. The van der Waals surface area contributed by atoms with Gasteiger partial charge in [-0.2, -0.15) is 9.61 Å². The number of piperazine rings is 1. The molecule has 4 heterocycles. The molecule has 0 unspecified atom stereocenters. The van der Waals surface area contributed by atoms with Crippen molar-refractivity contribution in [2.45, 2.75) is 6.54 Å². The Morgan fingerprint density at radius 3 is 2.97 bits per heavy atom. The molecule has 1 aliphatic rings. The van der Waals surface area contributed by atoms with Crippen molar-refractivity contribution in [2.75, 3.05) is 25.4 Å². The highest BCUT2D eigenvalue weighted by Gasteiger charge is 2.21. The van der Waals surface area contributed by atoms with E-state index in [4.69, 9.17) is 10.7 Å². The van der Waals surface area contributed by atoms with Crippen LogP contribution < -0.4 is 11.1 Å². The third kappa shape index (κ3) is 3.22. The number of carbonyl (C=O) groups excluding carboxylic acids is 1. The fourth-order valence-corrected chi connectivity index (χ4v) is 3.99.